The van der Waals surface area contributed by atoms with Crippen LogP contribution in [0.1, 0.15) is 19.9 Å². The minimum Gasteiger partial charge on any atom is -0.468 e. The summed E-state index contributed by atoms with van der Waals surface area (Å²) in [5, 5.41) is 22.9. The normalized spacial score (nSPS) is 11.3. The summed E-state index contributed by atoms with van der Waals surface area (Å²) in [6.45, 7) is 4.00. The second-order valence-corrected chi connectivity index (χ2v) is 7.84. The lowest BCUT2D eigenvalue weighted by atomic mass is 10.2. The van der Waals surface area contributed by atoms with Crippen LogP contribution in [0.2, 0.25) is 10.0 Å². The van der Waals surface area contributed by atoms with Gasteiger partial charge in [0.2, 0.25) is 5.71 Å². The number of fused-ring (bicyclic) bond motifs is 1. The topological polar surface area (TPSA) is 151 Å². The lowest BCUT2D eigenvalue weighted by Crippen LogP contribution is -2.34. The molecule has 0 aliphatic rings. The third-order valence-electron chi connectivity index (χ3n) is 4.38. The fourth-order valence-corrected chi connectivity index (χ4v) is 3.56. The minimum atomic E-state index is -1.62. The van der Waals surface area contributed by atoms with Crippen LogP contribution in [0.3, 0.4) is 0 Å². The molecule has 0 aliphatic heterocycles. The van der Waals surface area contributed by atoms with Crippen molar-refractivity contribution in [2.45, 2.75) is 19.9 Å². The molecule has 0 saturated carbocycles. The standard InChI is InChI=1S/C21H18Cl2N6O5/c1-10(2)29-17-8-12(4-5-15(17)25-20(29)33-3)34-18-13(22)6-11(7-14(18)23)27-28-16(9-24)19(30)26-21(31)32/h4-8,10,27H,1-3H3,(H,26,30)(H,31,32)/b28-16-. The second kappa shape index (κ2) is 10.3. The quantitative estimate of drug-likeness (QED) is 0.306. The summed E-state index contributed by atoms with van der Waals surface area (Å²) in [6, 6.07) is 10.2. The highest BCUT2D eigenvalue weighted by Crippen LogP contribution is 2.40. The van der Waals surface area contributed by atoms with E-state index < -0.39 is 17.7 Å². The van der Waals surface area contributed by atoms with Gasteiger partial charge in [0.25, 0.3) is 11.9 Å². The molecule has 0 radical (unpaired) electrons. The zero-order valence-electron chi connectivity index (χ0n) is 18.1. The third-order valence-corrected chi connectivity index (χ3v) is 4.95. The number of carbonyl (C=O) groups excluding carboxylic acids is 1. The number of carboxylic acid groups (broad SMARTS) is 1. The van der Waals surface area contributed by atoms with Gasteiger partial charge in [0.1, 0.15) is 11.8 Å². The highest BCUT2D eigenvalue weighted by Gasteiger charge is 2.17. The van der Waals surface area contributed by atoms with Gasteiger partial charge < -0.3 is 14.6 Å². The molecule has 1 heterocycles. The highest BCUT2D eigenvalue weighted by molar-refractivity contribution is 6.46. The average molecular weight is 505 g/mol. The molecule has 176 valence electrons. The van der Waals surface area contributed by atoms with E-state index in [0.29, 0.717) is 11.8 Å². The van der Waals surface area contributed by atoms with Gasteiger partial charge in [-0.15, -0.1) is 0 Å². The van der Waals surface area contributed by atoms with Crippen LogP contribution in [0.4, 0.5) is 10.5 Å². The summed E-state index contributed by atoms with van der Waals surface area (Å²) in [7, 11) is 1.55. The Balaban J connectivity index is 1.87. The SMILES string of the molecule is COc1nc2ccc(Oc3c(Cl)cc(N/N=C(/C#N)C(=O)NC(=O)O)cc3Cl)cc2n1C(C)C. The van der Waals surface area contributed by atoms with Gasteiger partial charge in [0, 0.05) is 12.1 Å². The van der Waals surface area contributed by atoms with E-state index in [0.717, 1.165) is 11.0 Å². The number of rotatable bonds is 7. The maximum absolute atomic E-state index is 11.6. The number of hydrazone groups is 1. The number of imidazole rings is 1. The Labute approximate surface area is 203 Å². The van der Waals surface area contributed by atoms with E-state index in [1.54, 1.807) is 25.3 Å². The van der Waals surface area contributed by atoms with Crippen molar-refractivity contribution in [2.75, 3.05) is 12.5 Å². The summed E-state index contributed by atoms with van der Waals surface area (Å²) < 4.78 is 13.2. The number of ether oxygens (including phenoxy) is 2. The molecule has 1 aromatic heterocycles. The van der Waals surface area contributed by atoms with Gasteiger partial charge in [-0.25, -0.2) is 4.79 Å². The van der Waals surface area contributed by atoms with E-state index >= 15 is 0 Å². The summed E-state index contributed by atoms with van der Waals surface area (Å²) in [5.41, 5.74) is 3.49. The van der Waals surface area contributed by atoms with Crippen LogP contribution in [0.5, 0.6) is 17.5 Å². The van der Waals surface area contributed by atoms with Crippen molar-refractivity contribution in [3.63, 3.8) is 0 Å². The van der Waals surface area contributed by atoms with Gasteiger partial charge in [0.15, 0.2) is 5.75 Å². The van der Waals surface area contributed by atoms with Crippen LogP contribution in [0.15, 0.2) is 35.4 Å². The van der Waals surface area contributed by atoms with Crippen molar-refractivity contribution in [1.82, 2.24) is 14.9 Å². The van der Waals surface area contributed by atoms with Gasteiger partial charge >= 0.3 is 6.09 Å². The molecule has 0 fully saturated rings. The molecule has 3 aromatic rings. The number of methoxy groups -OCH3 is 1. The summed E-state index contributed by atoms with van der Waals surface area (Å²) in [6.07, 6.45) is -1.62. The first-order chi connectivity index (χ1) is 16.1. The van der Waals surface area contributed by atoms with E-state index in [2.05, 4.69) is 15.5 Å². The van der Waals surface area contributed by atoms with Crippen molar-refractivity contribution in [1.29, 1.82) is 5.26 Å². The van der Waals surface area contributed by atoms with E-state index in [-0.39, 0.29) is 27.5 Å². The number of nitrogens with zero attached hydrogens (tertiary/aromatic N) is 4. The number of hydrogen-bond donors (Lipinski definition) is 3. The monoisotopic (exact) mass is 504 g/mol. The zero-order chi connectivity index (χ0) is 25.0. The highest BCUT2D eigenvalue weighted by atomic mass is 35.5. The first kappa shape index (κ1) is 24.6. The number of carbonyl (C=O) groups is 2. The van der Waals surface area contributed by atoms with Crippen LogP contribution in [0.25, 0.3) is 11.0 Å². The van der Waals surface area contributed by atoms with Crippen molar-refractivity contribution in [3.8, 4) is 23.6 Å². The predicted octanol–water partition coefficient (Wildman–Crippen LogP) is 4.81. The van der Waals surface area contributed by atoms with Crippen LogP contribution in [-0.2, 0) is 4.79 Å². The van der Waals surface area contributed by atoms with Gasteiger partial charge in [-0.05, 0) is 38.1 Å². The molecular formula is C21H18Cl2N6O5. The number of benzene rings is 2. The van der Waals surface area contributed by atoms with Crippen molar-refractivity contribution < 1.29 is 24.2 Å². The first-order valence-corrected chi connectivity index (χ1v) is 10.4. The molecular weight excluding hydrogens is 487 g/mol. The molecule has 3 rings (SSSR count). The van der Waals surface area contributed by atoms with Gasteiger partial charge in [-0.3, -0.25) is 20.1 Å². The molecule has 0 aliphatic carbocycles. The van der Waals surface area contributed by atoms with Crippen LogP contribution >= 0.6 is 23.2 Å². The number of imide groups is 1. The summed E-state index contributed by atoms with van der Waals surface area (Å²) in [5.74, 6) is -0.562. The smallest absolute Gasteiger partial charge is 0.411 e. The van der Waals surface area contributed by atoms with Gasteiger partial charge in [-0.1, -0.05) is 23.2 Å². The zero-order valence-corrected chi connectivity index (χ0v) is 19.6. The van der Waals surface area contributed by atoms with E-state index in [1.165, 1.54) is 23.5 Å². The average Bonchev–Trinajstić information content (AvgIpc) is 3.14. The number of nitriles is 1. The Hall–Kier alpha value is -4.01. The Morgan fingerprint density at radius 3 is 2.47 bits per heavy atom. The molecule has 0 saturated heterocycles. The van der Waals surface area contributed by atoms with E-state index in [1.807, 2.05) is 18.4 Å². The maximum Gasteiger partial charge on any atom is 0.411 e. The Kier molecular flexibility index (Phi) is 7.45. The largest absolute Gasteiger partial charge is 0.468 e. The van der Waals surface area contributed by atoms with E-state index in [4.69, 9.17) is 43.0 Å². The van der Waals surface area contributed by atoms with Crippen LogP contribution < -0.4 is 20.2 Å². The second-order valence-electron chi connectivity index (χ2n) is 7.03. The molecule has 11 nitrogen and oxygen atoms in total. The molecule has 3 N–H and O–H groups in total. The first-order valence-electron chi connectivity index (χ1n) is 9.65. The number of hydrogen-bond acceptors (Lipinski definition) is 8. The number of halogens is 2. The number of aromatic nitrogens is 2. The molecule has 2 aromatic carbocycles. The molecule has 0 unspecified atom stereocenters. The lowest BCUT2D eigenvalue weighted by Gasteiger charge is -2.13. The van der Waals surface area contributed by atoms with Crippen molar-refractivity contribution >= 4 is 57.6 Å². The summed E-state index contributed by atoms with van der Waals surface area (Å²) >= 11 is 12.7. The Bertz CT molecular complexity index is 1320. The van der Waals surface area contributed by atoms with Crippen LogP contribution in [0, 0.1) is 11.3 Å². The molecule has 2 amide bonds. The Morgan fingerprint density at radius 1 is 1.24 bits per heavy atom. The third kappa shape index (κ3) is 5.31. The fraction of sp³-hybridized carbons (Fsp3) is 0.190. The number of amides is 2. The van der Waals surface area contributed by atoms with Crippen molar-refractivity contribution in [3.05, 3.63) is 40.4 Å². The molecule has 13 heteroatoms. The number of anilines is 1. The fourth-order valence-electron chi connectivity index (χ4n) is 3.00. The Morgan fingerprint density at radius 2 is 1.91 bits per heavy atom. The van der Waals surface area contributed by atoms with E-state index in [9.17, 15) is 9.59 Å². The molecule has 0 atom stereocenters. The number of nitrogens with one attached hydrogen (secondary N) is 2. The minimum absolute atomic E-state index is 0.0872. The lowest BCUT2D eigenvalue weighted by molar-refractivity contribution is -0.114. The van der Waals surface area contributed by atoms with Crippen molar-refractivity contribution in [2.24, 2.45) is 5.10 Å². The maximum atomic E-state index is 11.6. The molecule has 0 bridgehead atoms. The van der Waals surface area contributed by atoms with Gasteiger partial charge in [0.05, 0.1) is 33.9 Å². The van der Waals surface area contributed by atoms with Gasteiger partial charge in [-0.2, -0.15) is 15.3 Å². The summed E-state index contributed by atoms with van der Waals surface area (Å²) in [4.78, 5) is 26.6. The van der Waals surface area contributed by atoms with Crippen LogP contribution in [-0.4, -0.2) is 39.5 Å². The predicted molar refractivity (Wildman–Crippen MR) is 126 cm³/mol. The molecule has 0 spiro atoms. The molecule has 34 heavy (non-hydrogen) atoms.